The molecule has 7 nitrogen and oxygen atoms in total. The van der Waals surface area contributed by atoms with E-state index in [1.807, 2.05) is 13.8 Å². The van der Waals surface area contributed by atoms with Crippen molar-refractivity contribution in [2.45, 2.75) is 13.8 Å². The first-order chi connectivity index (χ1) is 11.0. The fraction of sp³-hybridized carbons (Fsp3) is 0.438. The summed E-state index contributed by atoms with van der Waals surface area (Å²) < 4.78 is 4.61. The Bertz CT molecular complexity index is 543. The first-order valence-electron chi connectivity index (χ1n) is 7.47. The number of nitrogens with one attached hydrogen (secondary N) is 2. The van der Waals surface area contributed by atoms with Crippen molar-refractivity contribution in [3.63, 3.8) is 0 Å². The summed E-state index contributed by atoms with van der Waals surface area (Å²) in [7, 11) is 1.31. The Labute approximate surface area is 136 Å². The molecule has 0 atom stereocenters. The van der Waals surface area contributed by atoms with Crippen LogP contribution in [0.4, 0.5) is 5.69 Å². The molecule has 0 aliphatic rings. The van der Waals surface area contributed by atoms with E-state index < -0.39 is 5.97 Å². The second-order valence-electron chi connectivity index (χ2n) is 4.87. The Balaban J connectivity index is 2.54. The molecule has 1 rings (SSSR count). The van der Waals surface area contributed by atoms with E-state index in [0.717, 1.165) is 0 Å². The molecule has 0 aromatic heterocycles. The van der Waals surface area contributed by atoms with Crippen molar-refractivity contribution in [2.24, 2.45) is 0 Å². The molecule has 1 aromatic rings. The molecule has 1 aromatic carbocycles. The van der Waals surface area contributed by atoms with E-state index in [1.165, 1.54) is 7.11 Å². The molecule has 7 heteroatoms. The van der Waals surface area contributed by atoms with E-state index in [2.05, 4.69) is 15.4 Å². The largest absolute Gasteiger partial charge is 0.465 e. The van der Waals surface area contributed by atoms with Crippen LogP contribution in [0.1, 0.15) is 24.2 Å². The molecule has 126 valence electrons. The number of rotatable bonds is 8. The molecule has 0 unspecified atom stereocenters. The van der Waals surface area contributed by atoms with Gasteiger partial charge >= 0.3 is 5.97 Å². The Hall–Kier alpha value is -2.41. The zero-order chi connectivity index (χ0) is 17.2. The van der Waals surface area contributed by atoms with Crippen molar-refractivity contribution in [3.8, 4) is 0 Å². The minimum Gasteiger partial charge on any atom is -0.465 e. The number of carbonyl (C=O) groups is 3. The van der Waals surface area contributed by atoms with E-state index in [4.69, 9.17) is 0 Å². The van der Waals surface area contributed by atoms with Crippen molar-refractivity contribution in [3.05, 3.63) is 29.8 Å². The zero-order valence-corrected chi connectivity index (χ0v) is 13.7. The number of ether oxygens (including phenoxy) is 1. The molecule has 23 heavy (non-hydrogen) atoms. The van der Waals surface area contributed by atoms with Crippen LogP contribution in [0.2, 0.25) is 0 Å². The molecule has 0 bridgehead atoms. The van der Waals surface area contributed by atoms with Crippen molar-refractivity contribution < 1.29 is 19.1 Å². The number of carbonyl (C=O) groups excluding carboxylic acids is 3. The average Bonchev–Trinajstić information content (AvgIpc) is 2.54. The first-order valence-corrected chi connectivity index (χ1v) is 7.47. The number of anilines is 1. The lowest BCUT2D eigenvalue weighted by Crippen LogP contribution is -2.41. The van der Waals surface area contributed by atoms with Gasteiger partial charge in [-0.05, 0) is 37.7 Å². The van der Waals surface area contributed by atoms with Gasteiger partial charge in [0.15, 0.2) is 0 Å². The average molecular weight is 321 g/mol. The number of benzene rings is 1. The van der Waals surface area contributed by atoms with Gasteiger partial charge in [-0.15, -0.1) is 0 Å². The molecule has 0 radical (unpaired) electrons. The summed E-state index contributed by atoms with van der Waals surface area (Å²) >= 11 is 0. The Morgan fingerprint density at radius 3 is 2.17 bits per heavy atom. The molecule has 0 heterocycles. The van der Waals surface area contributed by atoms with Gasteiger partial charge in [0.2, 0.25) is 11.8 Å². The highest BCUT2D eigenvalue weighted by atomic mass is 16.5. The predicted octanol–water partition coefficient (Wildman–Crippen LogP) is 0.870. The SMILES string of the molecule is CCNC(=O)CN(CC)CC(=O)Nc1ccc(C(=O)OC)cc1. The maximum absolute atomic E-state index is 12.0. The van der Waals surface area contributed by atoms with Crippen molar-refractivity contribution in [2.75, 3.05) is 38.6 Å². The van der Waals surface area contributed by atoms with Crippen molar-refractivity contribution in [1.29, 1.82) is 0 Å². The van der Waals surface area contributed by atoms with Gasteiger partial charge in [-0.1, -0.05) is 6.92 Å². The topological polar surface area (TPSA) is 87.7 Å². The molecule has 0 aliphatic heterocycles. The molecule has 0 fully saturated rings. The van der Waals surface area contributed by atoms with Gasteiger partial charge in [-0.2, -0.15) is 0 Å². The van der Waals surface area contributed by atoms with Crippen molar-refractivity contribution >= 4 is 23.5 Å². The summed E-state index contributed by atoms with van der Waals surface area (Å²) in [5.41, 5.74) is 0.994. The smallest absolute Gasteiger partial charge is 0.337 e. The molecular weight excluding hydrogens is 298 g/mol. The molecule has 2 N–H and O–H groups in total. The number of likely N-dealkylation sites (N-methyl/N-ethyl adjacent to an activating group) is 2. The second kappa shape index (κ2) is 9.58. The lowest BCUT2D eigenvalue weighted by molar-refractivity contribution is -0.123. The Morgan fingerprint density at radius 2 is 1.65 bits per heavy atom. The summed E-state index contributed by atoms with van der Waals surface area (Å²) in [6.45, 7) is 5.18. The standard InChI is InChI=1S/C16H23N3O4/c1-4-17-14(20)10-19(5-2)11-15(21)18-13-8-6-12(7-9-13)16(22)23-3/h6-9H,4-5,10-11H2,1-3H3,(H,17,20)(H,18,21). The molecular formula is C16H23N3O4. The number of esters is 1. The zero-order valence-electron chi connectivity index (χ0n) is 13.7. The van der Waals surface area contributed by atoms with Gasteiger partial charge in [-0.25, -0.2) is 4.79 Å². The number of nitrogens with zero attached hydrogens (tertiary/aromatic N) is 1. The highest BCUT2D eigenvalue weighted by Crippen LogP contribution is 2.10. The highest BCUT2D eigenvalue weighted by molar-refractivity contribution is 5.94. The van der Waals surface area contributed by atoms with Crippen LogP contribution in [0.15, 0.2) is 24.3 Å². The second-order valence-corrected chi connectivity index (χ2v) is 4.87. The van der Waals surface area contributed by atoms with E-state index >= 15 is 0 Å². The van der Waals surface area contributed by atoms with Gasteiger partial charge in [0.25, 0.3) is 0 Å². The normalized spacial score (nSPS) is 10.3. The lowest BCUT2D eigenvalue weighted by atomic mass is 10.2. The van der Waals surface area contributed by atoms with Crippen LogP contribution < -0.4 is 10.6 Å². The summed E-state index contributed by atoms with van der Waals surface area (Å²) in [5.74, 6) is -0.756. The van der Waals surface area contributed by atoms with E-state index in [0.29, 0.717) is 24.3 Å². The minimum atomic E-state index is -0.429. The van der Waals surface area contributed by atoms with Crippen LogP contribution in [0.25, 0.3) is 0 Å². The van der Waals surface area contributed by atoms with Crippen molar-refractivity contribution in [1.82, 2.24) is 10.2 Å². The third-order valence-corrected chi connectivity index (χ3v) is 3.15. The van der Waals surface area contributed by atoms with E-state index in [9.17, 15) is 14.4 Å². The fourth-order valence-electron chi connectivity index (χ4n) is 1.95. The predicted molar refractivity (Wildman–Crippen MR) is 87.2 cm³/mol. The van der Waals surface area contributed by atoms with Crippen LogP contribution in [-0.2, 0) is 14.3 Å². The summed E-state index contributed by atoms with van der Waals surface area (Å²) in [6, 6.07) is 6.41. The maximum Gasteiger partial charge on any atom is 0.337 e. The quantitative estimate of drug-likeness (QED) is 0.694. The molecule has 0 saturated carbocycles. The third kappa shape index (κ3) is 6.48. The lowest BCUT2D eigenvalue weighted by Gasteiger charge is -2.19. The fourth-order valence-corrected chi connectivity index (χ4v) is 1.95. The van der Waals surface area contributed by atoms with Crippen LogP contribution in [0.3, 0.4) is 0 Å². The highest BCUT2D eigenvalue weighted by Gasteiger charge is 2.13. The van der Waals surface area contributed by atoms with E-state index in [1.54, 1.807) is 29.2 Å². The number of amides is 2. The molecule has 0 aliphatic carbocycles. The van der Waals surface area contributed by atoms with Gasteiger partial charge in [-0.3, -0.25) is 14.5 Å². The Morgan fingerprint density at radius 1 is 1.04 bits per heavy atom. The summed E-state index contributed by atoms with van der Waals surface area (Å²) in [4.78, 5) is 36.6. The van der Waals surface area contributed by atoms with Gasteiger partial charge < -0.3 is 15.4 Å². The molecule has 0 spiro atoms. The van der Waals surface area contributed by atoms with Crippen LogP contribution in [-0.4, -0.2) is 56.0 Å². The monoisotopic (exact) mass is 321 g/mol. The van der Waals surface area contributed by atoms with Gasteiger partial charge in [0.1, 0.15) is 0 Å². The van der Waals surface area contributed by atoms with Crippen LogP contribution >= 0.6 is 0 Å². The maximum atomic E-state index is 12.0. The Kier molecular flexibility index (Phi) is 7.76. The molecule has 0 saturated heterocycles. The van der Waals surface area contributed by atoms with E-state index in [-0.39, 0.29) is 24.9 Å². The summed E-state index contributed by atoms with van der Waals surface area (Å²) in [5, 5.41) is 5.43. The number of hydrogen-bond acceptors (Lipinski definition) is 5. The van der Waals surface area contributed by atoms with Gasteiger partial charge in [0, 0.05) is 12.2 Å². The van der Waals surface area contributed by atoms with Crippen LogP contribution in [0, 0.1) is 0 Å². The van der Waals surface area contributed by atoms with Gasteiger partial charge in [0.05, 0.1) is 25.8 Å². The third-order valence-electron chi connectivity index (χ3n) is 3.15. The molecule has 2 amide bonds. The number of methoxy groups -OCH3 is 1. The first kappa shape index (κ1) is 18.6. The minimum absolute atomic E-state index is 0.107. The number of hydrogen-bond donors (Lipinski definition) is 2. The summed E-state index contributed by atoms with van der Waals surface area (Å²) in [6.07, 6.45) is 0. The van der Waals surface area contributed by atoms with Crippen LogP contribution in [0.5, 0.6) is 0 Å².